The van der Waals surface area contributed by atoms with Gasteiger partial charge in [0.1, 0.15) is 5.75 Å². The number of nitrogens with two attached hydrogens (primary N) is 1. The van der Waals surface area contributed by atoms with Crippen LogP contribution in [0.3, 0.4) is 0 Å². The highest BCUT2D eigenvalue weighted by atomic mass is 16.6. The number of benzene rings is 1. The van der Waals surface area contributed by atoms with E-state index < -0.39 is 0 Å². The Bertz CT molecular complexity index is 339. The fourth-order valence-corrected chi connectivity index (χ4v) is 1.02. The molecule has 0 saturated heterocycles. The average Bonchev–Trinajstić information content (AvgIpc) is 2.23. The maximum absolute atomic E-state index is 10.3. The Morgan fingerprint density at radius 1 is 1.43 bits per heavy atom. The van der Waals surface area contributed by atoms with Gasteiger partial charge in [0.25, 0.3) is 0 Å². The second-order valence-corrected chi connectivity index (χ2v) is 2.51. The van der Waals surface area contributed by atoms with Crippen molar-refractivity contribution in [2.45, 2.75) is 6.92 Å². The van der Waals surface area contributed by atoms with Crippen molar-refractivity contribution < 1.29 is 14.4 Å². The molecule has 0 saturated carbocycles. The number of carbonyl (C=O) groups excluding carboxylic acids is 1. The summed E-state index contributed by atoms with van der Waals surface area (Å²) < 4.78 is 5.23. The summed E-state index contributed by atoms with van der Waals surface area (Å²) in [6.45, 7) is 2.50. The van der Waals surface area contributed by atoms with Crippen molar-refractivity contribution in [1.29, 1.82) is 0 Å². The average molecular weight is 193 g/mol. The number of hydrogen-bond acceptors (Lipinski definition) is 4. The van der Waals surface area contributed by atoms with Gasteiger partial charge in [-0.2, -0.15) is 5.90 Å². The van der Waals surface area contributed by atoms with Crippen LogP contribution in [0.5, 0.6) is 5.75 Å². The first kappa shape index (κ1) is 10.3. The van der Waals surface area contributed by atoms with Gasteiger partial charge in [0.05, 0.1) is 6.61 Å². The van der Waals surface area contributed by atoms with E-state index in [-0.39, 0.29) is 5.76 Å². The maximum atomic E-state index is 10.3. The molecule has 0 spiro atoms. The van der Waals surface area contributed by atoms with Gasteiger partial charge in [-0.1, -0.05) is 0 Å². The van der Waals surface area contributed by atoms with Crippen molar-refractivity contribution in [1.82, 2.24) is 0 Å². The minimum absolute atomic E-state index is 0.0203. The summed E-state index contributed by atoms with van der Waals surface area (Å²) in [4.78, 5) is 14.7. The molecule has 2 N–H and O–H groups in total. The van der Waals surface area contributed by atoms with E-state index in [2.05, 4.69) is 4.84 Å². The summed E-state index contributed by atoms with van der Waals surface area (Å²) in [5.74, 6) is 7.19. The van der Waals surface area contributed by atoms with Gasteiger partial charge in [0.15, 0.2) is 5.94 Å². The Balaban J connectivity index is 2.87. The molecule has 0 unspecified atom stereocenters. The van der Waals surface area contributed by atoms with E-state index in [1.54, 1.807) is 30.2 Å². The first-order chi connectivity index (χ1) is 6.81. The Morgan fingerprint density at radius 3 is 2.50 bits per heavy atom. The maximum Gasteiger partial charge on any atom is 0.236 e. The Morgan fingerprint density at radius 2 is 2.07 bits per heavy atom. The third-order valence-corrected chi connectivity index (χ3v) is 1.64. The summed E-state index contributed by atoms with van der Waals surface area (Å²) in [7, 11) is 0. The highest BCUT2D eigenvalue weighted by Crippen LogP contribution is 2.16. The number of hydrogen-bond donors (Lipinski definition) is 1. The standard InChI is InChI=1S/C10H11NO3/c1-2-13-9-5-3-8(4-6-9)10(7-12)14-11/h3-6H,2,11H2,1H3. The molecule has 0 aliphatic carbocycles. The Hall–Kier alpha value is -1.77. The summed E-state index contributed by atoms with van der Waals surface area (Å²) in [6, 6.07) is 6.82. The lowest BCUT2D eigenvalue weighted by Gasteiger charge is -2.04. The first-order valence-corrected chi connectivity index (χ1v) is 4.17. The fourth-order valence-electron chi connectivity index (χ4n) is 1.02. The van der Waals surface area contributed by atoms with Crippen LogP contribution < -0.4 is 10.6 Å². The molecule has 1 aromatic carbocycles. The molecule has 0 atom stereocenters. The van der Waals surface area contributed by atoms with Gasteiger partial charge >= 0.3 is 0 Å². The quantitative estimate of drug-likeness (QED) is 0.442. The van der Waals surface area contributed by atoms with Crippen molar-refractivity contribution in [3.05, 3.63) is 29.8 Å². The van der Waals surface area contributed by atoms with E-state index in [1.165, 1.54) is 0 Å². The molecule has 0 heterocycles. The zero-order valence-corrected chi connectivity index (χ0v) is 7.82. The van der Waals surface area contributed by atoms with E-state index in [0.717, 1.165) is 5.75 Å². The van der Waals surface area contributed by atoms with Crippen LogP contribution in [0.15, 0.2) is 24.3 Å². The normalized spacial score (nSPS) is 9.00. The minimum Gasteiger partial charge on any atom is -0.494 e. The van der Waals surface area contributed by atoms with Crippen LogP contribution in [-0.2, 0) is 9.63 Å². The van der Waals surface area contributed by atoms with Gasteiger partial charge in [0, 0.05) is 5.56 Å². The summed E-state index contributed by atoms with van der Waals surface area (Å²) in [6.07, 6.45) is 0. The summed E-state index contributed by atoms with van der Waals surface area (Å²) in [5.41, 5.74) is 0.575. The monoisotopic (exact) mass is 193 g/mol. The minimum atomic E-state index is -0.0203. The van der Waals surface area contributed by atoms with Gasteiger partial charge in [-0.3, -0.25) is 0 Å². The number of ether oxygens (including phenoxy) is 1. The van der Waals surface area contributed by atoms with Crippen molar-refractivity contribution in [2.24, 2.45) is 5.90 Å². The van der Waals surface area contributed by atoms with Crippen LogP contribution in [0.4, 0.5) is 0 Å². The second-order valence-electron chi connectivity index (χ2n) is 2.51. The first-order valence-electron chi connectivity index (χ1n) is 4.17. The predicted molar refractivity (Wildman–Crippen MR) is 52.0 cm³/mol. The predicted octanol–water partition coefficient (Wildman–Crippen LogP) is 1.15. The molecule has 74 valence electrons. The van der Waals surface area contributed by atoms with Crippen LogP contribution in [0.25, 0.3) is 5.76 Å². The fraction of sp³-hybridized carbons (Fsp3) is 0.200. The molecule has 0 amide bonds. The molecule has 4 heteroatoms. The van der Waals surface area contributed by atoms with Crippen LogP contribution in [0.1, 0.15) is 12.5 Å². The summed E-state index contributed by atoms with van der Waals surface area (Å²) in [5, 5.41) is 0. The third-order valence-electron chi connectivity index (χ3n) is 1.64. The third kappa shape index (κ3) is 2.36. The molecule has 0 fully saturated rings. The van der Waals surface area contributed by atoms with Gasteiger partial charge in [-0.15, -0.1) is 0 Å². The van der Waals surface area contributed by atoms with Gasteiger partial charge in [-0.05, 0) is 31.2 Å². The smallest absolute Gasteiger partial charge is 0.236 e. The lowest BCUT2D eigenvalue weighted by Crippen LogP contribution is -1.99. The number of rotatable bonds is 4. The zero-order chi connectivity index (χ0) is 10.4. The molecule has 0 aliphatic rings. The molecule has 4 nitrogen and oxygen atoms in total. The van der Waals surface area contributed by atoms with E-state index in [9.17, 15) is 4.79 Å². The molecular weight excluding hydrogens is 182 g/mol. The highest BCUT2D eigenvalue weighted by molar-refractivity contribution is 5.83. The van der Waals surface area contributed by atoms with Crippen LogP contribution >= 0.6 is 0 Å². The molecule has 14 heavy (non-hydrogen) atoms. The molecule has 0 aromatic heterocycles. The van der Waals surface area contributed by atoms with Gasteiger partial charge < -0.3 is 9.57 Å². The van der Waals surface area contributed by atoms with E-state index in [4.69, 9.17) is 10.6 Å². The van der Waals surface area contributed by atoms with E-state index >= 15 is 0 Å². The van der Waals surface area contributed by atoms with Crippen molar-refractivity contribution in [3.63, 3.8) is 0 Å². The van der Waals surface area contributed by atoms with Gasteiger partial charge in [-0.25, -0.2) is 4.79 Å². The van der Waals surface area contributed by atoms with Crippen LogP contribution in [0, 0.1) is 0 Å². The molecule has 0 bridgehead atoms. The van der Waals surface area contributed by atoms with Crippen molar-refractivity contribution in [3.8, 4) is 5.75 Å². The Kier molecular flexibility index (Phi) is 3.73. The SMILES string of the molecule is CCOc1ccc(C(=C=O)ON)cc1. The topological polar surface area (TPSA) is 61.5 Å². The largest absolute Gasteiger partial charge is 0.494 e. The highest BCUT2D eigenvalue weighted by Gasteiger charge is 2.02. The van der Waals surface area contributed by atoms with Crippen molar-refractivity contribution >= 4 is 11.7 Å². The lowest BCUT2D eigenvalue weighted by molar-refractivity contribution is 0.292. The van der Waals surface area contributed by atoms with Crippen LogP contribution in [0.2, 0.25) is 0 Å². The van der Waals surface area contributed by atoms with E-state index in [1.807, 2.05) is 6.92 Å². The van der Waals surface area contributed by atoms with Crippen molar-refractivity contribution in [2.75, 3.05) is 6.61 Å². The second kappa shape index (κ2) is 5.07. The van der Waals surface area contributed by atoms with Gasteiger partial charge in [0.2, 0.25) is 5.76 Å². The lowest BCUT2D eigenvalue weighted by atomic mass is 10.2. The Labute approximate surface area is 81.9 Å². The van der Waals surface area contributed by atoms with E-state index in [0.29, 0.717) is 12.2 Å². The molecule has 1 rings (SSSR count). The zero-order valence-electron chi connectivity index (χ0n) is 7.82. The molecule has 1 aromatic rings. The summed E-state index contributed by atoms with van der Waals surface area (Å²) >= 11 is 0. The van der Waals surface area contributed by atoms with Crippen LogP contribution in [-0.4, -0.2) is 12.5 Å². The molecular formula is C10H11NO3. The molecule has 0 aliphatic heterocycles. The molecule has 0 radical (unpaired) electrons.